The van der Waals surface area contributed by atoms with Crippen molar-refractivity contribution in [1.29, 1.82) is 0 Å². The van der Waals surface area contributed by atoms with Gasteiger partial charge in [0.15, 0.2) is 18.1 Å². The zero-order valence-electron chi connectivity index (χ0n) is 16.2. The zero-order valence-corrected chi connectivity index (χ0v) is 16.2. The first-order chi connectivity index (χ1) is 14.8. The predicted molar refractivity (Wildman–Crippen MR) is 101 cm³/mol. The molecule has 0 spiro atoms. The fourth-order valence-electron chi connectivity index (χ4n) is 3.20. The van der Waals surface area contributed by atoms with Crippen molar-refractivity contribution < 1.29 is 28.2 Å². The lowest BCUT2D eigenvalue weighted by atomic mass is 10.1. The molecule has 4 heterocycles. The zero-order chi connectivity index (χ0) is 22.3. The quantitative estimate of drug-likeness (QED) is 0.600. The van der Waals surface area contributed by atoms with Gasteiger partial charge in [-0.25, -0.2) is 23.8 Å². The van der Waals surface area contributed by atoms with E-state index < -0.39 is 23.9 Å². The molecule has 0 aromatic carbocycles. The fraction of sp³-hybridized carbons (Fsp3) is 0.222. The van der Waals surface area contributed by atoms with Crippen LogP contribution in [0.15, 0.2) is 24.4 Å². The number of nitrogens with one attached hydrogen (secondary N) is 1. The van der Waals surface area contributed by atoms with Gasteiger partial charge >= 0.3 is 6.09 Å². The normalized spacial score (nSPS) is 13.7. The molecule has 0 aliphatic carbocycles. The standard InChI is InChI=1S/C18H15F2N7O4/c1-8(10-5-9(19)6-21-15(10)20)27(18(29)30)17-14(24-25-26(17)2)11-3-4-12-16(23-11)31-7-13(28)22-12/h3-6,8H,7H2,1-2H3,(H,22,28)(H,29,30)/t8-/m1/s1. The van der Waals surface area contributed by atoms with E-state index in [9.17, 15) is 23.5 Å². The molecular weight excluding hydrogens is 416 g/mol. The molecule has 0 radical (unpaired) electrons. The topological polar surface area (TPSA) is 135 Å². The van der Waals surface area contributed by atoms with Crippen LogP contribution in [-0.2, 0) is 11.8 Å². The first-order valence-electron chi connectivity index (χ1n) is 8.93. The predicted octanol–water partition coefficient (Wildman–Crippen LogP) is 2.13. The number of rotatable bonds is 4. The van der Waals surface area contributed by atoms with Crippen LogP contribution in [0.4, 0.5) is 25.1 Å². The van der Waals surface area contributed by atoms with Crippen molar-refractivity contribution in [2.75, 3.05) is 16.8 Å². The third-order valence-corrected chi connectivity index (χ3v) is 4.62. The maximum Gasteiger partial charge on any atom is 0.413 e. The average Bonchev–Trinajstić information content (AvgIpc) is 3.10. The van der Waals surface area contributed by atoms with Gasteiger partial charge in [-0.2, -0.15) is 4.39 Å². The SMILES string of the molecule is C[C@H](c1cc(F)cnc1F)N(C(=O)O)c1c(-c2ccc3c(n2)OCC(=O)N3)nnn1C. The van der Waals surface area contributed by atoms with Gasteiger partial charge in [-0.3, -0.25) is 9.69 Å². The molecule has 1 aliphatic rings. The summed E-state index contributed by atoms with van der Waals surface area (Å²) >= 11 is 0. The molecule has 0 saturated heterocycles. The second kappa shape index (κ2) is 7.59. The van der Waals surface area contributed by atoms with E-state index in [0.29, 0.717) is 11.9 Å². The van der Waals surface area contributed by atoms with Crippen molar-refractivity contribution in [3.63, 3.8) is 0 Å². The first kappa shape index (κ1) is 20.1. The van der Waals surface area contributed by atoms with Gasteiger partial charge < -0.3 is 15.2 Å². The summed E-state index contributed by atoms with van der Waals surface area (Å²) in [5.74, 6) is -2.06. The van der Waals surface area contributed by atoms with Crippen LogP contribution in [-0.4, -0.2) is 48.7 Å². The molecule has 11 nitrogen and oxygen atoms in total. The molecule has 0 saturated carbocycles. The number of amides is 2. The Hall–Kier alpha value is -4.16. The molecule has 4 rings (SSSR count). The number of halogens is 2. The van der Waals surface area contributed by atoms with Gasteiger partial charge in [0, 0.05) is 12.6 Å². The summed E-state index contributed by atoms with van der Waals surface area (Å²) in [4.78, 5) is 32.0. The van der Waals surface area contributed by atoms with Gasteiger partial charge in [-0.15, -0.1) is 5.10 Å². The maximum absolute atomic E-state index is 14.2. The van der Waals surface area contributed by atoms with Gasteiger partial charge in [-0.1, -0.05) is 5.21 Å². The lowest BCUT2D eigenvalue weighted by Gasteiger charge is -2.27. The molecule has 0 unspecified atom stereocenters. The lowest BCUT2D eigenvalue weighted by molar-refractivity contribution is -0.118. The number of fused-ring (bicyclic) bond motifs is 1. The molecule has 31 heavy (non-hydrogen) atoms. The molecule has 2 amide bonds. The minimum absolute atomic E-state index is 0.0315. The van der Waals surface area contributed by atoms with E-state index in [0.717, 1.165) is 11.0 Å². The number of carbonyl (C=O) groups is 2. The average molecular weight is 431 g/mol. The summed E-state index contributed by atoms with van der Waals surface area (Å²) in [6, 6.07) is 2.72. The Labute approximate surface area is 173 Å². The van der Waals surface area contributed by atoms with Crippen molar-refractivity contribution in [3.05, 3.63) is 41.7 Å². The second-order valence-corrected chi connectivity index (χ2v) is 6.63. The van der Waals surface area contributed by atoms with Gasteiger partial charge in [-0.05, 0) is 25.1 Å². The lowest BCUT2D eigenvalue weighted by Crippen LogP contribution is -2.35. The molecule has 3 aromatic rings. The van der Waals surface area contributed by atoms with E-state index in [1.807, 2.05) is 0 Å². The molecule has 1 atom stereocenters. The molecule has 1 aliphatic heterocycles. The molecule has 2 N–H and O–H groups in total. The van der Waals surface area contributed by atoms with Crippen LogP contribution >= 0.6 is 0 Å². The highest BCUT2D eigenvalue weighted by molar-refractivity contribution is 5.95. The molecule has 160 valence electrons. The number of hydrogen-bond donors (Lipinski definition) is 2. The smallest absolute Gasteiger partial charge is 0.413 e. The summed E-state index contributed by atoms with van der Waals surface area (Å²) in [5.41, 5.74) is 0.347. The van der Waals surface area contributed by atoms with E-state index in [4.69, 9.17) is 4.74 Å². The number of ether oxygens (including phenoxy) is 1. The number of nitrogens with zero attached hydrogens (tertiary/aromatic N) is 6. The summed E-state index contributed by atoms with van der Waals surface area (Å²) < 4.78 is 34.3. The highest BCUT2D eigenvalue weighted by Crippen LogP contribution is 2.36. The minimum Gasteiger partial charge on any atom is -0.466 e. The van der Waals surface area contributed by atoms with E-state index in [-0.39, 0.29) is 41.2 Å². The molecular formula is C18H15F2N7O4. The van der Waals surface area contributed by atoms with E-state index in [1.165, 1.54) is 30.8 Å². The second-order valence-electron chi connectivity index (χ2n) is 6.63. The van der Waals surface area contributed by atoms with E-state index in [2.05, 4.69) is 25.6 Å². The number of aryl methyl sites for hydroxylation is 1. The van der Waals surface area contributed by atoms with Crippen LogP contribution in [0.2, 0.25) is 0 Å². The van der Waals surface area contributed by atoms with Crippen molar-refractivity contribution in [2.45, 2.75) is 13.0 Å². The van der Waals surface area contributed by atoms with Gasteiger partial charge in [0.1, 0.15) is 11.5 Å². The first-order valence-corrected chi connectivity index (χ1v) is 8.93. The van der Waals surface area contributed by atoms with E-state index >= 15 is 0 Å². The Morgan fingerprint density at radius 3 is 2.90 bits per heavy atom. The highest BCUT2D eigenvalue weighted by atomic mass is 19.1. The molecule has 0 bridgehead atoms. The van der Waals surface area contributed by atoms with Crippen molar-refractivity contribution >= 4 is 23.5 Å². The molecule has 3 aromatic heterocycles. The van der Waals surface area contributed by atoms with Crippen LogP contribution in [0.3, 0.4) is 0 Å². The van der Waals surface area contributed by atoms with Crippen molar-refractivity contribution in [3.8, 4) is 17.3 Å². The Balaban J connectivity index is 1.80. The molecule has 13 heteroatoms. The number of hydrogen-bond acceptors (Lipinski definition) is 7. The largest absolute Gasteiger partial charge is 0.466 e. The maximum atomic E-state index is 14.2. The van der Waals surface area contributed by atoms with Gasteiger partial charge in [0.2, 0.25) is 11.8 Å². The third-order valence-electron chi connectivity index (χ3n) is 4.62. The Kier molecular flexibility index (Phi) is 4.93. The molecule has 0 fully saturated rings. The van der Waals surface area contributed by atoms with Crippen LogP contribution in [0.1, 0.15) is 18.5 Å². The minimum atomic E-state index is -1.45. The number of aromatic nitrogens is 5. The monoisotopic (exact) mass is 431 g/mol. The van der Waals surface area contributed by atoms with E-state index in [1.54, 1.807) is 0 Å². The summed E-state index contributed by atoms with van der Waals surface area (Å²) in [6.45, 7) is 1.16. The third kappa shape index (κ3) is 3.60. The number of carbonyl (C=O) groups excluding carboxylic acids is 1. The number of anilines is 2. The Bertz CT molecular complexity index is 1200. The number of carboxylic acid groups (broad SMARTS) is 1. The summed E-state index contributed by atoms with van der Waals surface area (Å²) in [7, 11) is 1.45. The van der Waals surface area contributed by atoms with Crippen LogP contribution < -0.4 is 15.0 Å². The van der Waals surface area contributed by atoms with Crippen molar-refractivity contribution in [2.24, 2.45) is 7.05 Å². The van der Waals surface area contributed by atoms with Gasteiger partial charge in [0.05, 0.1) is 17.9 Å². The van der Waals surface area contributed by atoms with Crippen LogP contribution in [0.5, 0.6) is 5.88 Å². The highest BCUT2D eigenvalue weighted by Gasteiger charge is 2.32. The summed E-state index contributed by atoms with van der Waals surface area (Å²) in [5, 5.41) is 20.3. The van der Waals surface area contributed by atoms with Gasteiger partial charge in [0.25, 0.3) is 5.91 Å². The van der Waals surface area contributed by atoms with Crippen molar-refractivity contribution in [1.82, 2.24) is 25.0 Å². The Morgan fingerprint density at radius 1 is 1.39 bits per heavy atom. The number of pyridine rings is 2. The fourth-order valence-corrected chi connectivity index (χ4v) is 3.20. The van der Waals surface area contributed by atoms with Crippen LogP contribution in [0.25, 0.3) is 11.4 Å². The van der Waals surface area contributed by atoms with Crippen LogP contribution in [0, 0.1) is 11.8 Å². The summed E-state index contributed by atoms with van der Waals surface area (Å²) in [6.07, 6.45) is -0.756. The Morgan fingerprint density at radius 2 is 2.16 bits per heavy atom.